The Hall–Kier alpha value is -1.18. The van der Waals surface area contributed by atoms with Crippen molar-refractivity contribution in [3.63, 3.8) is 0 Å². The molecule has 0 bridgehead atoms. The zero-order valence-corrected chi connectivity index (χ0v) is 9.20. The van der Waals surface area contributed by atoms with Crippen molar-refractivity contribution in [3.8, 4) is 11.5 Å². The van der Waals surface area contributed by atoms with Crippen LogP contribution in [0.4, 0.5) is 0 Å². The molecule has 0 spiro atoms. The first kappa shape index (κ1) is 10.3. The van der Waals surface area contributed by atoms with Crippen molar-refractivity contribution in [2.24, 2.45) is 0 Å². The normalized spacial score (nSPS) is 16.9. The van der Waals surface area contributed by atoms with Gasteiger partial charge in [-0.05, 0) is 43.7 Å². The van der Waals surface area contributed by atoms with Crippen LogP contribution in [0.5, 0.6) is 11.5 Å². The molecule has 0 saturated heterocycles. The summed E-state index contributed by atoms with van der Waals surface area (Å²) in [6.45, 7) is 2.03. The number of benzene rings is 1. The molecule has 1 aromatic carbocycles. The highest BCUT2D eigenvalue weighted by Crippen LogP contribution is 2.28. The number of hydrogen-bond donors (Lipinski definition) is 1. The van der Waals surface area contributed by atoms with Gasteiger partial charge in [-0.1, -0.05) is 13.0 Å². The maximum atomic E-state index is 9.69. The van der Waals surface area contributed by atoms with Gasteiger partial charge in [-0.2, -0.15) is 0 Å². The summed E-state index contributed by atoms with van der Waals surface area (Å²) in [4.78, 5) is 0. The van der Waals surface area contributed by atoms with Gasteiger partial charge >= 0.3 is 0 Å². The number of rotatable bonds is 3. The van der Waals surface area contributed by atoms with E-state index in [2.05, 4.69) is 0 Å². The van der Waals surface area contributed by atoms with Gasteiger partial charge in [0.2, 0.25) is 0 Å². The van der Waals surface area contributed by atoms with Crippen molar-refractivity contribution in [2.45, 2.75) is 45.1 Å². The molecule has 0 atom stereocenters. The zero-order valence-electron chi connectivity index (χ0n) is 9.20. The molecule has 1 aliphatic rings. The van der Waals surface area contributed by atoms with Gasteiger partial charge in [0, 0.05) is 6.07 Å². The van der Waals surface area contributed by atoms with Crippen molar-refractivity contribution in [2.75, 3.05) is 0 Å². The number of aromatic hydroxyl groups is 1. The van der Waals surface area contributed by atoms with Gasteiger partial charge in [0.25, 0.3) is 0 Å². The second kappa shape index (κ2) is 4.56. The average Bonchev–Trinajstić information content (AvgIpc) is 2.71. The van der Waals surface area contributed by atoms with E-state index in [0.717, 1.165) is 30.6 Å². The monoisotopic (exact) mass is 206 g/mol. The van der Waals surface area contributed by atoms with Crippen LogP contribution in [0.15, 0.2) is 18.2 Å². The molecule has 0 amide bonds. The fourth-order valence-corrected chi connectivity index (χ4v) is 2.11. The number of ether oxygens (including phenoxy) is 1. The van der Waals surface area contributed by atoms with E-state index in [4.69, 9.17) is 4.74 Å². The smallest absolute Gasteiger partial charge is 0.123 e. The third-order valence-corrected chi connectivity index (χ3v) is 3.04. The zero-order chi connectivity index (χ0) is 10.7. The molecule has 2 rings (SSSR count). The Morgan fingerprint density at radius 2 is 2.07 bits per heavy atom. The van der Waals surface area contributed by atoms with Crippen LogP contribution in [0.25, 0.3) is 0 Å². The predicted molar refractivity (Wildman–Crippen MR) is 60.4 cm³/mol. The van der Waals surface area contributed by atoms with Gasteiger partial charge in [0.1, 0.15) is 11.5 Å². The number of hydrogen-bond acceptors (Lipinski definition) is 2. The van der Waals surface area contributed by atoms with Gasteiger partial charge in [0.05, 0.1) is 6.10 Å². The van der Waals surface area contributed by atoms with Gasteiger partial charge in [-0.3, -0.25) is 0 Å². The standard InChI is InChI=1S/C13H18O2/c1-2-10-7-8-12(9-13(10)14)15-11-5-3-4-6-11/h7-9,11,14H,2-6H2,1H3. The van der Waals surface area contributed by atoms with E-state index in [1.54, 1.807) is 6.07 Å². The summed E-state index contributed by atoms with van der Waals surface area (Å²) in [6, 6.07) is 5.63. The van der Waals surface area contributed by atoms with E-state index in [1.165, 1.54) is 12.8 Å². The van der Waals surface area contributed by atoms with E-state index in [9.17, 15) is 5.11 Å². The topological polar surface area (TPSA) is 29.5 Å². The van der Waals surface area contributed by atoms with Crippen LogP contribution in [-0.2, 0) is 6.42 Å². The van der Waals surface area contributed by atoms with Gasteiger partial charge in [0.15, 0.2) is 0 Å². The molecular weight excluding hydrogens is 188 g/mol. The molecule has 2 heteroatoms. The molecule has 15 heavy (non-hydrogen) atoms. The molecule has 1 fully saturated rings. The Kier molecular flexibility index (Phi) is 3.14. The van der Waals surface area contributed by atoms with Crippen molar-refractivity contribution in [1.82, 2.24) is 0 Å². The molecule has 0 heterocycles. The van der Waals surface area contributed by atoms with Crippen LogP contribution in [0.2, 0.25) is 0 Å². The summed E-state index contributed by atoms with van der Waals surface area (Å²) in [6.07, 6.45) is 6.05. The maximum Gasteiger partial charge on any atom is 0.123 e. The van der Waals surface area contributed by atoms with E-state index in [-0.39, 0.29) is 0 Å². The average molecular weight is 206 g/mol. The Morgan fingerprint density at radius 1 is 1.33 bits per heavy atom. The number of phenolic OH excluding ortho intramolecular Hbond substituents is 1. The van der Waals surface area contributed by atoms with E-state index < -0.39 is 0 Å². The summed E-state index contributed by atoms with van der Waals surface area (Å²) < 4.78 is 5.80. The first-order valence-corrected chi connectivity index (χ1v) is 5.78. The van der Waals surface area contributed by atoms with Gasteiger partial charge in [-0.25, -0.2) is 0 Å². The largest absolute Gasteiger partial charge is 0.508 e. The molecule has 1 aliphatic carbocycles. The SMILES string of the molecule is CCc1ccc(OC2CCCC2)cc1O. The third-order valence-electron chi connectivity index (χ3n) is 3.04. The van der Waals surface area contributed by atoms with Crippen molar-refractivity contribution in [3.05, 3.63) is 23.8 Å². The lowest BCUT2D eigenvalue weighted by molar-refractivity contribution is 0.209. The lowest BCUT2D eigenvalue weighted by Gasteiger charge is -2.13. The van der Waals surface area contributed by atoms with Crippen molar-refractivity contribution >= 4 is 0 Å². The second-order valence-electron chi connectivity index (χ2n) is 4.17. The minimum Gasteiger partial charge on any atom is -0.508 e. The molecule has 0 unspecified atom stereocenters. The first-order valence-electron chi connectivity index (χ1n) is 5.78. The third kappa shape index (κ3) is 2.44. The van der Waals surface area contributed by atoms with Gasteiger partial charge in [-0.15, -0.1) is 0 Å². The molecule has 2 nitrogen and oxygen atoms in total. The summed E-state index contributed by atoms with van der Waals surface area (Å²) in [5.74, 6) is 1.16. The second-order valence-corrected chi connectivity index (χ2v) is 4.17. The highest BCUT2D eigenvalue weighted by atomic mass is 16.5. The Balaban J connectivity index is 2.05. The minimum atomic E-state index is 0.355. The fourth-order valence-electron chi connectivity index (χ4n) is 2.11. The maximum absolute atomic E-state index is 9.69. The Bertz CT molecular complexity index is 327. The van der Waals surface area contributed by atoms with Crippen LogP contribution in [0.1, 0.15) is 38.2 Å². The molecule has 1 saturated carbocycles. The first-order chi connectivity index (χ1) is 7.29. The Labute approximate surface area is 90.9 Å². The lowest BCUT2D eigenvalue weighted by atomic mass is 10.1. The fraction of sp³-hybridized carbons (Fsp3) is 0.538. The highest BCUT2D eigenvalue weighted by molar-refractivity contribution is 5.39. The predicted octanol–water partition coefficient (Wildman–Crippen LogP) is 3.28. The quantitative estimate of drug-likeness (QED) is 0.822. The van der Waals surface area contributed by atoms with Crippen molar-refractivity contribution < 1.29 is 9.84 Å². The Morgan fingerprint density at radius 3 is 2.67 bits per heavy atom. The van der Waals surface area contributed by atoms with Crippen LogP contribution < -0.4 is 4.74 Å². The van der Waals surface area contributed by atoms with E-state index in [0.29, 0.717) is 11.9 Å². The van der Waals surface area contributed by atoms with Crippen LogP contribution in [0, 0.1) is 0 Å². The summed E-state index contributed by atoms with van der Waals surface area (Å²) in [5, 5.41) is 9.69. The lowest BCUT2D eigenvalue weighted by Crippen LogP contribution is -2.10. The molecular formula is C13H18O2. The number of phenols is 1. The molecule has 0 radical (unpaired) electrons. The summed E-state index contributed by atoms with van der Waals surface area (Å²) in [7, 11) is 0. The van der Waals surface area contributed by atoms with Gasteiger partial charge < -0.3 is 9.84 Å². The molecule has 0 aliphatic heterocycles. The van der Waals surface area contributed by atoms with Crippen molar-refractivity contribution in [1.29, 1.82) is 0 Å². The van der Waals surface area contributed by atoms with Crippen LogP contribution in [-0.4, -0.2) is 11.2 Å². The van der Waals surface area contributed by atoms with Crippen LogP contribution in [0.3, 0.4) is 0 Å². The number of aryl methyl sites for hydroxylation is 1. The van der Waals surface area contributed by atoms with E-state index >= 15 is 0 Å². The molecule has 1 aromatic rings. The highest BCUT2D eigenvalue weighted by Gasteiger charge is 2.16. The molecule has 82 valence electrons. The van der Waals surface area contributed by atoms with Crippen LogP contribution >= 0.6 is 0 Å². The molecule has 0 aromatic heterocycles. The minimum absolute atomic E-state index is 0.355. The van der Waals surface area contributed by atoms with E-state index in [1.807, 2.05) is 19.1 Å². The summed E-state index contributed by atoms with van der Waals surface area (Å²) >= 11 is 0. The molecule has 1 N–H and O–H groups in total. The summed E-state index contributed by atoms with van der Waals surface area (Å²) in [5.41, 5.74) is 0.980.